The first kappa shape index (κ1) is 13.0. The van der Waals surface area contributed by atoms with Crippen LogP contribution in [-0.4, -0.2) is 28.1 Å². The van der Waals surface area contributed by atoms with E-state index in [9.17, 15) is 9.90 Å². The van der Waals surface area contributed by atoms with Gasteiger partial charge >= 0.3 is 5.97 Å². The van der Waals surface area contributed by atoms with Gasteiger partial charge in [0.2, 0.25) is 0 Å². The highest BCUT2D eigenvalue weighted by atomic mass is 16.4. The Hall–Kier alpha value is -2.09. The molecule has 17 heavy (non-hydrogen) atoms. The third kappa shape index (κ3) is 2.36. The van der Waals surface area contributed by atoms with Crippen LogP contribution in [0.3, 0.4) is 0 Å². The van der Waals surface area contributed by atoms with Crippen molar-refractivity contribution in [1.82, 2.24) is 4.98 Å². The Balaban J connectivity index is 3.29. The van der Waals surface area contributed by atoms with Crippen LogP contribution in [0.2, 0.25) is 0 Å². The zero-order chi connectivity index (χ0) is 13.1. The van der Waals surface area contributed by atoms with E-state index in [1.165, 1.54) is 12.4 Å². The van der Waals surface area contributed by atoms with E-state index >= 15 is 0 Å². The topological polar surface area (TPSA) is 77.2 Å². The molecule has 0 unspecified atom stereocenters. The van der Waals surface area contributed by atoms with Gasteiger partial charge in [0.05, 0.1) is 17.4 Å². The molecule has 0 amide bonds. The van der Waals surface area contributed by atoms with Crippen LogP contribution >= 0.6 is 0 Å². The summed E-state index contributed by atoms with van der Waals surface area (Å²) in [6, 6.07) is 3.63. The van der Waals surface area contributed by atoms with Crippen molar-refractivity contribution in [2.45, 2.75) is 26.3 Å². The van der Waals surface area contributed by atoms with E-state index in [0.717, 1.165) is 0 Å². The van der Waals surface area contributed by atoms with E-state index in [-0.39, 0.29) is 0 Å². The number of anilines is 1. The predicted molar refractivity (Wildman–Crippen MR) is 63.7 cm³/mol. The molecule has 0 aliphatic rings. The number of pyridine rings is 1. The first-order valence-corrected chi connectivity index (χ1v) is 5.30. The number of nitriles is 1. The van der Waals surface area contributed by atoms with Crippen LogP contribution in [0.4, 0.5) is 5.69 Å². The fourth-order valence-electron chi connectivity index (χ4n) is 1.68. The second-order valence-corrected chi connectivity index (χ2v) is 4.11. The third-order valence-corrected chi connectivity index (χ3v) is 2.73. The first-order valence-electron chi connectivity index (χ1n) is 5.30. The Morgan fingerprint density at radius 1 is 1.65 bits per heavy atom. The van der Waals surface area contributed by atoms with Crippen molar-refractivity contribution in [3.63, 3.8) is 0 Å². The fourth-order valence-corrected chi connectivity index (χ4v) is 1.68. The summed E-state index contributed by atoms with van der Waals surface area (Å²) in [6.07, 6.45) is 3.04. The van der Waals surface area contributed by atoms with Gasteiger partial charge in [-0.2, -0.15) is 5.26 Å². The molecular weight excluding hydrogens is 218 g/mol. The Morgan fingerprint density at radius 2 is 2.29 bits per heavy atom. The number of aliphatic carboxylic acids is 1. The second-order valence-electron chi connectivity index (χ2n) is 4.11. The van der Waals surface area contributed by atoms with Gasteiger partial charge in [-0.15, -0.1) is 0 Å². The summed E-state index contributed by atoms with van der Waals surface area (Å²) in [4.78, 5) is 16.9. The van der Waals surface area contributed by atoms with Crippen molar-refractivity contribution in [2.24, 2.45) is 0 Å². The molecule has 0 fully saturated rings. The molecule has 5 heteroatoms. The van der Waals surface area contributed by atoms with Gasteiger partial charge in [-0.25, -0.2) is 4.79 Å². The van der Waals surface area contributed by atoms with Gasteiger partial charge in [-0.1, -0.05) is 0 Å². The molecule has 0 saturated carbocycles. The van der Waals surface area contributed by atoms with E-state index in [2.05, 4.69) is 4.98 Å². The second kappa shape index (κ2) is 4.83. The molecule has 0 aliphatic heterocycles. The van der Waals surface area contributed by atoms with Crippen molar-refractivity contribution < 1.29 is 9.90 Å². The van der Waals surface area contributed by atoms with Crippen LogP contribution in [0.15, 0.2) is 18.5 Å². The molecule has 1 aromatic rings. The average Bonchev–Trinajstić information content (AvgIpc) is 2.30. The first-order chi connectivity index (χ1) is 7.95. The molecule has 90 valence electrons. The summed E-state index contributed by atoms with van der Waals surface area (Å²) in [5, 5.41) is 18.2. The quantitative estimate of drug-likeness (QED) is 0.855. The summed E-state index contributed by atoms with van der Waals surface area (Å²) in [7, 11) is 0. The number of aromatic nitrogens is 1. The Kier molecular flexibility index (Phi) is 3.69. The molecular formula is C12H15N3O2. The van der Waals surface area contributed by atoms with Crippen LogP contribution in [-0.2, 0) is 4.79 Å². The maximum atomic E-state index is 11.2. The highest BCUT2D eigenvalue weighted by molar-refractivity contribution is 5.83. The monoisotopic (exact) mass is 233 g/mol. The number of carboxylic acid groups (broad SMARTS) is 1. The number of rotatable bonds is 4. The Bertz CT molecular complexity index is 463. The number of hydrogen-bond donors (Lipinski definition) is 1. The lowest BCUT2D eigenvalue weighted by molar-refractivity contribution is -0.142. The highest BCUT2D eigenvalue weighted by Crippen LogP contribution is 2.26. The molecule has 0 radical (unpaired) electrons. The predicted octanol–water partition coefficient (Wildman–Crippen LogP) is 1.64. The summed E-state index contributed by atoms with van der Waals surface area (Å²) in [6.45, 7) is 5.54. The van der Waals surface area contributed by atoms with Gasteiger partial charge in [-0.05, 0) is 26.8 Å². The van der Waals surface area contributed by atoms with Gasteiger partial charge in [0.25, 0.3) is 0 Å². The van der Waals surface area contributed by atoms with E-state index in [1.54, 1.807) is 24.8 Å². The molecule has 0 atom stereocenters. The zero-order valence-electron chi connectivity index (χ0n) is 10.1. The molecule has 1 heterocycles. The van der Waals surface area contributed by atoms with Crippen molar-refractivity contribution in [3.8, 4) is 6.07 Å². The van der Waals surface area contributed by atoms with Crippen LogP contribution in [0.25, 0.3) is 0 Å². The van der Waals surface area contributed by atoms with Crippen molar-refractivity contribution in [3.05, 3.63) is 24.0 Å². The van der Waals surface area contributed by atoms with E-state index in [4.69, 9.17) is 5.26 Å². The Morgan fingerprint density at radius 3 is 2.76 bits per heavy atom. The zero-order valence-corrected chi connectivity index (χ0v) is 10.1. The molecule has 0 aliphatic carbocycles. The molecule has 0 aromatic carbocycles. The molecule has 0 spiro atoms. The van der Waals surface area contributed by atoms with E-state index < -0.39 is 11.5 Å². The highest BCUT2D eigenvalue weighted by Gasteiger charge is 2.34. The standard InChI is InChI=1S/C12H15N3O2/c1-4-15(12(2,3)11(16)17)10-8-14-6-5-9(10)7-13/h5-6,8H,4H2,1-3H3,(H,16,17). The summed E-state index contributed by atoms with van der Waals surface area (Å²) >= 11 is 0. The molecule has 0 saturated heterocycles. The van der Waals surface area contributed by atoms with Crippen molar-refractivity contribution in [1.29, 1.82) is 5.26 Å². The van der Waals surface area contributed by atoms with Crippen LogP contribution in [0, 0.1) is 11.3 Å². The normalized spacial score (nSPS) is 10.7. The molecule has 1 rings (SSSR count). The fraction of sp³-hybridized carbons (Fsp3) is 0.417. The maximum absolute atomic E-state index is 11.2. The largest absolute Gasteiger partial charge is 0.480 e. The van der Waals surface area contributed by atoms with Crippen LogP contribution in [0.5, 0.6) is 0 Å². The van der Waals surface area contributed by atoms with Gasteiger partial charge in [0, 0.05) is 12.7 Å². The molecule has 5 nitrogen and oxygen atoms in total. The maximum Gasteiger partial charge on any atom is 0.328 e. The summed E-state index contributed by atoms with van der Waals surface area (Å²) < 4.78 is 0. The molecule has 0 bridgehead atoms. The third-order valence-electron chi connectivity index (χ3n) is 2.73. The number of carboxylic acids is 1. The van der Waals surface area contributed by atoms with Crippen molar-refractivity contribution >= 4 is 11.7 Å². The van der Waals surface area contributed by atoms with Gasteiger partial charge in [0.1, 0.15) is 11.6 Å². The SMILES string of the molecule is CCN(c1cnccc1C#N)C(C)(C)C(=O)O. The number of hydrogen-bond acceptors (Lipinski definition) is 4. The summed E-state index contributed by atoms with van der Waals surface area (Å²) in [5.41, 5.74) is -0.107. The number of nitrogens with zero attached hydrogens (tertiary/aromatic N) is 3. The minimum absolute atomic E-state index is 0.427. The van der Waals surface area contributed by atoms with E-state index in [0.29, 0.717) is 17.8 Å². The molecule has 1 N–H and O–H groups in total. The minimum Gasteiger partial charge on any atom is -0.480 e. The Labute approximate surface area is 100 Å². The van der Waals surface area contributed by atoms with Gasteiger partial charge in [0.15, 0.2) is 0 Å². The number of carbonyl (C=O) groups is 1. The van der Waals surface area contributed by atoms with Gasteiger partial charge in [-0.3, -0.25) is 4.98 Å². The van der Waals surface area contributed by atoms with Crippen molar-refractivity contribution in [2.75, 3.05) is 11.4 Å². The number of likely N-dealkylation sites (N-methyl/N-ethyl adjacent to an activating group) is 1. The molecule has 1 aromatic heterocycles. The van der Waals surface area contributed by atoms with Crippen LogP contribution < -0.4 is 4.90 Å². The smallest absolute Gasteiger partial charge is 0.328 e. The average molecular weight is 233 g/mol. The van der Waals surface area contributed by atoms with Gasteiger partial charge < -0.3 is 10.0 Å². The lowest BCUT2D eigenvalue weighted by Crippen LogP contribution is -2.50. The van der Waals surface area contributed by atoms with E-state index in [1.807, 2.05) is 13.0 Å². The lowest BCUT2D eigenvalue weighted by atomic mass is 10.0. The minimum atomic E-state index is -1.08. The van der Waals surface area contributed by atoms with Crippen LogP contribution in [0.1, 0.15) is 26.3 Å². The lowest BCUT2D eigenvalue weighted by Gasteiger charge is -2.36. The summed E-state index contributed by atoms with van der Waals surface area (Å²) in [5.74, 6) is -0.938.